The number of nitrogens with one attached hydrogen (secondary N) is 3. The summed E-state index contributed by atoms with van der Waals surface area (Å²) in [6, 6.07) is 0. The normalized spacial score (nSPS) is 12.4. The third-order valence-electron chi connectivity index (χ3n) is 4.97. The Balaban J connectivity index is 3.53. The second kappa shape index (κ2) is 27.6. The summed E-state index contributed by atoms with van der Waals surface area (Å²) in [5.41, 5.74) is 0. The third-order valence-corrected chi connectivity index (χ3v) is 4.97. The molecule has 0 unspecified atom stereocenters. The lowest BCUT2D eigenvalue weighted by atomic mass is 10.2. The molecule has 0 radical (unpaired) electrons. The summed E-state index contributed by atoms with van der Waals surface area (Å²) in [6.45, 7) is 3.90. The highest BCUT2D eigenvalue weighted by Crippen LogP contribution is 1.98. The SMILES string of the molecule is CC/C=C\C/C=C\C/C=C\C/C=C\C/C=C\C/C=C\CCC(=O)NCCCCCNC(=O)CNC. The molecule has 0 saturated carbocycles. The van der Waals surface area contributed by atoms with E-state index in [2.05, 4.69) is 95.8 Å². The lowest BCUT2D eigenvalue weighted by molar-refractivity contribution is -0.121. The Hall–Kier alpha value is -2.66. The van der Waals surface area contributed by atoms with E-state index in [0.29, 0.717) is 26.1 Å². The van der Waals surface area contributed by atoms with Gasteiger partial charge < -0.3 is 16.0 Å². The molecular weight excluding hydrogens is 434 g/mol. The summed E-state index contributed by atoms with van der Waals surface area (Å²) in [4.78, 5) is 23.1. The van der Waals surface area contributed by atoms with Crippen molar-refractivity contribution in [2.24, 2.45) is 0 Å². The van der Waals surface area contributed by atoms with Crippen LogP contribution in [0.15, 0.2) is 72.9 Å². The molecule has 0 bridgehead atoms. The van der Waals surface area contributed by atoms with Gasteiger partial charge in [0, 0.05) is 19.5 Å². The molecule has 0 fully saturated rings. The first-order valence-electron chi connectivity index (χ1n) is 13.3. The fourth-order valence-electron chi connectivity index (χ4n) is 3.05. The van der Waals surface area contributed by atoms with E-state index in [1.807, 2.05) is 0 Å². The molecule has 0 spiro atoms. The van der Waals surface area contributed by atoms with Gasteiger partial charge in [-0.1, -0.05) is 79.8 Å². The predicted molar refractivity (Wildman–Crippen MR) is 151 cm³/mol. The van der Waals surface area contributed by atoms with Crippen molar-refractivity contribution in [3.63, 3.8) is 0 Å². The predicted octanol–water partition coefficient (Wildman–Crippen LogP) is 6.09. The van der Waals surface area contributed by atoms with E-state index >= 15 is 0 Å². The van der Waals surface area contributed by atoms with E-state index in [-0.39, 0.29) is 11.8 Å². The van der Waals surface area contributed by atoms with Crippen LogP contribution in [0, 0.1) is 0 Å². The third kappa shape index (κ3) is 27.5. The summed E-state index contributed by atoms with van der Waals surface area (Å²) in [7, 11) is 1.75. The van der Waals surface area contributed by atoms with Crippen molar-refractivity contribution >= 4 is 11.8 Å². The van der Waals surface area contributed by atoms with Crippen molar-refractivity contribution in [2.75, 3.05) is 26.7 Å². The van der Waals surface area contributed by atoms with E-state index in [9.17, 15) is 9.59 Å². The molecule has 0 aromatic heterocycles. The number of unbranched alkanes of at least 4 members (excludes halogenated alkanes) is 2. The number of rotatable bonds is 22. The maximum Gasteiger partial charge on any atom is 0.233 e. The summed E-state index contributed by atoms with van der Waals surface area (Å²) < 4.78 is 0. The van der Waals surface area contributed by atoms with Crippen LogP contribution in [0.4, 0.5) is 0 Å². The van der Waals surface area contributed by atoms with Crippen LogP contribution in [0.25, 0.3) is 0 Å². The van der Waals surface area contributed by atoms with Gasteiger partial charge in [0.25, 0.3) is 0 Å². The van der Waals surface area contributed by atoms with Gasteiger partial charge in [-0.3, -0.25) is 9.59 Å². The van der Waals surface area contributed by atoms with E-state index in [0.717, 1.165) is 64.2 Å². The van der Waals surface area contributed by atoms with Crippen molar-refractivity contribution in [1.82, 2.24) is 16.0 Å². The largest absolute Gasteiger partial charge is 0.356 e. The van der Waals surface area contributed by atoms with Crippen molar-refractivity contribution in [3.8, 4) is 0 Å². The molecule has 2 amide bonds. The molecule has 0 aromatic carbocycles. The number of hydrogen-bond donors (Lipinski definition) is 3. The maximum absolute atomic E-state index is 11.8. The Morgan fingerprint density at radius 3 is 1.46 bits per heavy atom. The Morgan fingerprint density at radius 1 is 0.571 bits per heavy atom. The number of carbonyl (C=O) groups is 2. The molecule has 35 heavy (non-hydrogen) atoms. The lowest BCUT2D eigenvalue weighted by Crippen LogP contribution is -2.32. The van der Waals surface area contributed by atoms with Crippen LogP contribution >= 0.6 is 0 Å². The average molecular weight is 484 g/mol. The second-order valence-electron chi connectivity index (χ2n) is 8.24. The van der Waals surface area contributed by atoms with E-state index in [1.165, 1.54) is 0 Å². The van der Waals surface area contributed by atoms with E-state index in [1.54, 1.807) is 7.05 Å². The zero-order valence-corrected chi connectivity index (χ0v) is 22.1. The summed E-state index contributed by atoms with van der Waals surface area (Å²) in [5.74, 6) is 0.127. The fourth-order valence-corrected chi connectivity index (χ4v) is 3.05. The van der Waals surface area contributed by atoms with Gasteiger partial charge in [-0.2, -0.15) is 0 Å². The van der Waals surface area contributed by atoms with Gasteiger partial charge in [-0.25, -0.2) is 0 Å². The zero-order valence-electron chi connectivity index (χ0n) is 22.1. The molecule has 0 atom stereocenters. The highest BCUT2D eigenvalue weighted by atomic mass is 16.2. The Bertz CT molecular complexity index is 688. The quantitative estimate of drug-likeness (QED) is 0.129. The van der Waals surface area contributed by atoms with Gasteiger partial charge in [0.15, 0.2) is 0 Å². The van der Waals surface area contributed by atoms with Gasteiger partial charge in [0.2, 0.25) is 11.8 Å². The summed E-state index contributed by atoms with van der Waals surface area (Å²) in [6.07, 6.45) is 36.3. The molecule has 196 valence electrons. The Kier molecular flexibility index (Phi) is 25.5. The minimum absolute atomic E-state index is 0.0233. The molecular formula is C30H49N3O2. The number of carbonyl (C=O) groups excluding carboxylic acids is 2. The van der Waals surface area contributed by atoms with Gasteiger partial charge in [-0.05, 0) is 71.3 Å². The van der Waals surface area contributed by atoms with Crippen LogP contribution in [-0.4, -0.2) is 38.5 Å². The molecule has 0 aliphatic carbocycles. The first-order valence-corrected chi connectivity index (χ1v) is 13.3. The fraction of sp³-hybridized carbons (Fsp3) is 0.533. The van der Waals surface area contributed by atoms with Crippen LogP contribution in [-0.2, 0) is 9.59 Å². The Morgan fingerprint density at radius 2 is 1.00 bits per heavy atom. The summed E-state index contributed by atoms with van der Waals surface area (Å²) in [5, 5.41) is 8.63. The molecule has 5 heteroatoms. The number of allylic oxidation sites excluding steroid dienone is 12. The topological polar surface area (TPSA) is 70.2 Å². The minimum Gasteiger partial charge on any atom is -0.356 e. The molecule has 0 rings (SSSR count). The number of amides is 2. The van der Waals surface area contributed by atoms with Crippen LogP contribution < -0.4 is 16.0 Å². The van der Waals surface area contributed by atoms with Gasteiger partial charge in [0.05, 0.1) is 6.54 Å². The van der Waals surface area contributed by atoms with Gasteiger partial charge >= 0.3 is 0 Å². The standard InChI is InChI=1S/C30H49N3O2/c1-3-4-5-6-7-8-9-10-11-12-13-14-15-16-17-18-19-20-22-25-29(34)32-26-23-21-24-27-33-30(35)28-31-2/h4-5,7-8,10-11,13-14,16-17,19-20,31H,3,6,9,12,15,18,21-28H2,1-2H3,(H,32,34)(H,33,35)/b5-4-,8-7-,11-10-,14-13-,17-16-,20-19-. The maximum atomic E-state index is 11.8. The molecule has 0 aliphatic heterocycles. The van der Waals surface area contributed by atoms with Gasteiger partial charge in [0.1, 0.15) is 0 Å². The van der Waals surface area contributed by atoms with Crippen LogP contribution in [0.3, 0.4) is 0 Å². The van der Waals surface area contributed by atoms with Crippen molar-refractivity contribution in [1.29, 1.82) is 0 Å². The molecule has 0 aromatic rings. The monoisotopic (exact) mass is 483 g/mol. The molecule has 0 saturated heterocycles. The zero-order chi connectivity index (χ0) is 25.7. The number of hydrogen-bond acceptors (Lipinski definition) is 3. The molecule has 3 N–H and O–H groups in total. The van der Waals surface area contributed by atoms with Crippen LogP contribution in [0.5, 0.6) is 0 Å². The van der Waals surface area contributed by atoms with Crippen LogP contribution in [0.2, 0.25) is 0 Å². The van der Waals surface area contributed by atoms with Gasteiger partial charge in [-0.15, -0.1) is 0 Å². The van der Waals surface area contributed by atoms with Crippen molar-refractivity contribution in [3.05, 3.63) is 72.9 Å². The van der Waals surface area contributed by atoms with E-state index in [4.69, 9.17) is 0 Å². The molecule has 5 nitrogen and oxygen atoms in total. The average Bonchev–Trinajstić information content (AvgIpc) is 2.85. The minimum atomic E-state index is 0.0233. The lowest BCUT2D eigenvalue weighted by Gasteiger charge is -2.06. The molecule has 0 aliphatic rings. The second-order valence-corrected chi connectivity index (χ2v) is 8.24. The Labute approximate surface area is 214 Å². The highest BCUT2D eigenvalue weighted by molar-refractivity contribution is 5.77. The first kappa shape index (κ1) is 32.3. The number of likely N-dealkylation sites (N-methyl/N-ethyl adjacent to an activating group) is 1. The summed E-state index contributed by atoms with van der Waals surface area (Å²) >= 11 is 0. The highest BCUT2D eigenvalue weighted by Gasteiger charge is 1.99. The van der Waals surface area contributed by atoms with Crippen molar-refractivity contribution in [2.45, 2.75) is 77.6 Å². The van der Waals surface area contributed by atoms with Crippen LogP contribution in [0.1, 0.15) is 77.6 Å². The van der Waals surface area contributed by atoms with E-state index < -0.39 is 0 Å². The molecule has 0 heterocycles. The smallest absolute Gasteiger partial charge is 0.233 e. The van der Waals surface area contributed by atoms with Crippen molar-refractivity contribution < 1.29 is 9.59 Å². The first-order chi connectivity index (χ1) is 17.2.